The zero-order valence-electron chi connectivity index (χ0n) is 22.2. The number of benzene rings is 4. The fourth-order valence-corrected chi connectivity index (χ4v) is 6.50. The van der Waals surface area contributed by atoms with Crippen LogP contribution in [0.1, 0.15) is 41.9 Å². The minimum Gasteiger partial charge on any atom is -0.481 e. The number of nitrogens with zero attached hydrogens (tertiary/aromatic N) is 2. The summed E-state index contributed by atoms with van der Waals surface area (Å²) >= 11 is 3.62. The zero-order valence-corrected chi connectivity index (χ0v) is 23.8. The molecule has 1 saturated heterocycles. The molecule has 0 saturated carbocycles. The molecule has 39 heavy (non-hydrogen) atoms. The molecule has 198 valence electrons. The normalized spacial score (nSPS) is 16.4. The molecule has 1 fully saturated rings. The summed E-state index contributed by atoms with van der Waals surface area (Å²) in [5.41, 5.74) is 2.47. The van der Waals surface area contributed by atoms with Gasteiger partial charge >= 0.3 is 0 Å². The summed E-state index contributed by atoms with van der Waals surface area (Å²) in [4.78, 5) is 7.38. The number of ether oxygens (including phenoxy) is 1. The smallest absolute Gasteiger partial charge is 0.217 e. The molecule has 0 bridgehead atoms. The third-order valence-corrected chi connectivity index (χ3v) is 8.63. The number of aliphatic hydroxyl groups is 1. The molecule has 5 aromatic rings. The van der Waals surface area contributed by atoms with Crippen molar-refractivity contribution in [3.63, 3.8) is 0 Å². The second-order valence-corrected chi connectivity index (χ2v) is 11.5. The maximum atomic E-state index is 13.1. The molecule has 0 amide bonds. The van der Waals surface area contributed by atoms with Crippen LogP contribution in [0.3, 0.4) is 0 Å². The Balaban J connectivity index is 1.58. The molecule has 1 aliphatic rings. The van der Waals surface area contributed by atoms with E-state index in [1.54, 1.807) is 7.11 Å². The van der Waals surface area contributed by atoms with Crippen molar-refractivity contribution in [1.29, 1.82) is 0 Å². The Morgan fingerprint density at radius 3 is 2.38 bits per heavy atom. The van der Waals surface area contributed by atoms with E-state index in [1.165, 1.54) is 12.8 Å². The summed E-state index contributed by atoms with van der Waals surface area (Å²) in [6.07, 6.45) is 3.02. The van der Waals surface area contributed by atoms with Crippen molar-refractivity contribution < 1.29 is 9.84 Å². The molecule has 6 rings (SSSR count). The number of methoxy groups -OCH3 is 1. The summed E-state index contributed by atoms with van der Waals surface area (Å²) in [6.45, 7) is 2.99. The SMILES string of the molecule is COc1nc2ccc(Br)cc2cc1C(c1ccccc1)C(O)(CCN1CCCC1)c1ccc2ccccc2c1. The van der Waals surface area contributed by atoms with E-state index in [-0.39, 0.29) is 0 Å². The molecule has 2 heterocycles. The number of pyridine rings is 1. The second-order valence-electron chi connectivity index (χ2n) is 10.6. The third-order valence-electron chi connectivity index (χ3n) is 8.14. The number of hydrogen-bond acceptors (Lipinski definition) is 4. The minimum absolute atomic E-state index is 0.395. The van der Waals surface area contributed by atoms with Crippen LogP contribution >= 0.6 is 15.9 Å². The largest absolute Gasteiger partial charge is 0.481 e. The Hall–Kier alpha value is -3.25. The Morgan fingerprint density at radius 1 is 0.872 bits per heavy atom. The highest BCUT2D eigenvalue weighted by Gasteiger charge is 2.42. The van der Waals surface area contributed by atoms with Crippen LogP contribution in [-0.4, -0.2) is 41.7 Å². The van der Waals surface area contributed by atoms with Gasteiger partial charge in [-0.25, -0.2) is 4.98 Å². The topological polar surface area (TPSA) is 45.6 Å². The lowest BCUT2D eigenvalue weighted by Crippen LogP contribution is -2.38. The first kappa shape index (κ1) is 26.0. The quantitative estimate of drug-likeness (QED) is 0.204. The molecule has 2 atom stereocenters. The van der Waals surface area contributed by atoms with E-state index in [9.17, 15) is 5.11 Å². The van der Waals surface area contributed by atoms with Crippen molar-refractivity contribution in [3.05, 3.63) is 118 Å². The lowest BCUT2D eigenvalue weighted by atomic mass is 9.71. The third kappa shape index (κ3) is 5.19. The number of fused-ring (bicyclic) bond motifs is 2. The molecule has 4 aromatic carbocycles. The van der Waals surface area contributed by atoms with E-state index in [2.05, 4.69) is 87.6 Å². The van der Waals surface area contributed by atoms with Gasteiger partial charge in [-0.05, 0) is 84.6 Å². The molecule has 5 heteroatoms. The van der Waals surface area contributed by atoms with Gasteiger partial charge in [0.1, 0.15) is 5.60 Å². The maximum Gasteiger partial charge on any atom is 0.217 e. The van der Waals surface area contributed by atoms with Gasteiger partial charge in [0.2, 0.25) is 5.88 Å². The molecular weight excluding hydrogens is 548 g/mol. The van der Waals surface area contributed by atoms with E-state index >= 15 is 0 Å². The van der Waals surface area contributed by atoms with Crippen molar-refractivity contribution in [3.8, 4) is 5.88 Å². The van der Waals surface area contributed by atoms with Crippen LogP contribution in [0.25, 0.3) is 21.7 Å². The van der Waals surface area contributed by atoms with Crippen molar-refractivity contribution in [2.24, 2.45) is 0 Å². The first-order chi connectivity index (χ1) is 19.0. The van der Waals surface area contributed by atoms with Crippen molar-refractivity contribution in [2.45, 2.75) is 30.8 Å². The number of aromatic nitrogens is 1. The summed E-state index contributed by atoms with van der Waals surface area (Å²) in [7, 11) is 1.66. The number of hydrogen-bond donors (Lipinski definition) is 1. The Morgan fingerprint density at radius 2 is 1.62 bits per heavy atom. The Labute approximate surface area is 238 Å². The molecule has 0 aliphatic carbocycles. The highest BCUT2D eigenvalue weighted by Crippen LogP contribution is 2.48. The van der Waals surface area contributed by atoms with Gasteiger partial charge in [0.25, 0.3) is 0 Å². The molecule has 2 unspecified atom stereocenters. The van der Waals surface area contributed by atoms with Crippen LogP contribution in [0.5, 0.6) is 5.88 Å². The molecular formula is C34H33BrN2O2. The monoisotopic (exact) mass is 580 g/mol. The van der Waals surface area contributed by atoms with Gasteiger partial charge in [-0.3, -0.25) is 0 Å². The second kappa shape index (κ2) is 11.1. The van der Waals surface area contributed by atoms with Gasteiger partial charge in [0, 0.05) is 27.9 Å². The summed E-state index contributed by atoms with van der Waals surface area (Å²) in [5, 5.41) is 16.4. The average molecular weight is 582 g/mol. The first-order valence-corrected chi connectivity index (χ1v) is 14.5. The molecule has 4 nitrogen and oxygen atoms in total. The van der Waals surface area contributed by atoms with Gasteiger partial charge in [-0.1, -0.05) is 82.7 Å². The van der Waals surface area contributed by atoms with Gasteiger partial charge in [0.15, 0.2) is 0 Å². The molecule has 1 aromatic heterocycles. The first-order valence-electron chi connectivity index (χ1n) is 13.7. The lowest BCUT2D eigenvalue weighted by molar-refractivity contribution is 0.00220. The van der Waals surface area contributed by atoms with E-state index in [0.717, 1.165) is 62.5 Å². The predicted octanol–water partition coefficient (Wildman–Crippen LogP) is 7.66. The van der Waals surface area contributed by atoms with E-state index in [1.807, 2.05) is 30.3 Å². The standard InChI is InChI=1S/C34H33BrN2O2/c1-39-33-30(23-27-22-29(35)15-16-31(27)36-33)32(25-10-3-2-4-11-25)34(38,17-20-37-18-7-8-19-37)28-14-13-24-9-5-6-12-26(24)21-28/h2-6,9-16,21-23,32,38H,7-8,17-20H2,1H3. The fraction of sp³-hybridized carbons (Fsp3) is 0.265. The predicted molar refractivity (Wildman–Crippen MR) is 162 cm³/mol. The van der Waals surface area contributed by atoms with Gasteiger partial charge in [-0.2, -0.15) is 0 Å². The van der Waals surface area contributed by atoms with Gasteiger partial charge < -0.3 is 14.7 Å². The Bertz CT molecular complexity index is 1600. The van der Waals surface area contributed by atoms with Crippen molar-refractivity contribution >= 4 is 37.6 Å². The maximum absolute atomic E-state index is 13.1. The summed E-state index contributed by atoms with van der Waals surface area (Å²) in [5.74, 6) is 0.146. The van der Waals surface area contributed by atoms with Crippen molar-refractivity contribution in [2.75, 3.05) is 26.7 Å². The van der Waals surface area contributed by atoms with E-state index < -0.39 is 11.5 Å². The molecule has 1 aliphatic heterocycles. The number of likely N-dealkylation sites (tertiary alicyclic amines) is 1. The van der Waals surface area contributed by atoms with Crippen molar-refractivity contribution in [1.82, 2.24) is 9.88 Å². The highest BCUT2D eigenvalue weighted by atomic mass is 79.9. The summed E-state index contributed by atoms with van der Waals surface area (Å²) in [6, 6.07) is 33.2. The average Bonchev–Trinajstić information content (AvgIpc) is 3.50. The van der Waals surface area contributed by atoms with Crippen LogP contribution in [-0.2, 0) is 5.60 Å². The van der Waals surface area contributed by atoms with Gasteiger partial charge in [-0.15, -0.1) is 0 Å². The number of rotatable bonds is 8. The van der Waals surface area contributed by atoms with Crippen LogP contribution in [0.4, 0.5) is 0 Å². The van der Waals surface area contributed by atoms with Crippen LogP contribution in [0.2, 0.25) is 0 Å². The number of halogens is 1. The van der Waals surface area contributed by atoms with E-state index in [0.29, 0.717) is 12.3 Å². The lowest BCUT2D eigenvalue weighted by Gasteiger charge is -2.39. The fourth-order valence-electron chi connectivity index (χ4n) is 6.12. The molecule has 0 spiro atoms. The van der Waals surface area contributed by atoms with E-state index in [4.69, 9.17) is 9.72 Å². The van der Waals surface area contributed by atoms with Crippen LogP contribution < -0.4 is 4.74 Å². The van der Waals surface area contributed by atoms with Gasteiger partial charge in [0.05, 0.1) is 12.6 Å². The summed E-state index contributed by atoms with van der Waals surface area (Å²) < 4.78 is 6.91. The van der Waals surface area contributed by atoms with Crippen LogP contribution in [0.15, 0.2) is 102 Å². The zero-order chi connectivity index (χ0) is 26.8. The highest BCUT2D eigenvalue weighted by molar-refractivity contribution is 9.10. The Kier molecular flexibility index (Phi) is 7.39. The molecule has 1 N–H and O–H groups in total. The minimum atomic E-state index is -1.21. The van der Waals surface area contributed by atoms with Crippen LogP contribution in [0, 0.1) is 0 Å². The molecule has 0 radical (unpaired) electrons.